The summed E-state index contributed by atoms with van der Waals surface area (Å²) in [5.74, 6) is 0. The maximum Gasteiger partial charge on any atom is 0.0148 e. The van der Waals surface area contributed by atoms with Crippen LogP contribution in [-0.4, -0.2) is 54.5 Å². The van der Waals surface area contributed by atoms with Crippen molar-refractivity contribution in [1.29, 1.82) is 0 Å². The molecule has 0 heterocycles. The number of rotatable bonds is 0. The van der Waals surface area contributed by atoms with E-state index >= 15 is 0 Å². The summed E-state index contributed by atoms with van der Waals surface area (Å²) in [5, 5.41) is 0. The van der Waals surface area contributed by atoms with Gasteiger partial charge in [-0.3, -0.25) is 4.21 Å². The Morgan fingerprint density at radius 2 is 1.40 bits per heavy atom. The zero-order valence-electron chi connectivity index (χ0n) is 3.52. The van der Waals surface area contributed by atoms with E-state index in [4.69, 9.17) is 0 Å². The molecule has 1 nitrogen and oxygen atoms in total. The van der Waals surface area contributed by atoms with E-state index in [-0.39, 0.29) is 37.7 Å². The first kappa shape index (κ1) is 9.65. The van der Waals surface area contributed by atoms with E-state index in [2.05, 4.69) is 0 Å². The van der Waals surface area contributed by atoms with Crippen molar-refractivity contribution < 1.29 is 4.21 Å². The van der Waals surface area contributed by atoms with Crippen molar-refractivity contribution in [2.45, 2.75) is 0 Å². The van der Waals surface area contributed by atoms with Crippen LogP contribution in [0.25, 0.3) is 0 Å². The fourth-order valence-corrected chi connectivity index (χ4v) is 0. The Balaban J connectivity index is 0. The first-order valence-corrected chi connectivity index (χ1v) is 2.95. The Bertz CT molecular complexity index is 32.6. The van der Waals surface area contributed by atoms with Crippen LogP contribution in [0.2, 0.25) is 0 Å². The third-order valence-corrected chi connectivity index (χ3v) is 0. The first-order valence-electron chi connectivity index (χ1n) is 0.983. The van der Waals surface area contributed by atoms with Crippen molar-refractivity contribution in [3.05, 3.63) is 0 Å². The van der Waals surface area contributed by atoms with Crippen LogP contribution >= 0.6 is 0 Å². The molecule has 0 fully saturated rings. The Kier molecular flexibility index (Phi) is 10.4. The number of hydrogen-bond acceptors (Lipinski definition) is 1. The van der Waals surface area contributed by atoms with Crippen LogP contribution in [0.5, 0.6) is 0 Å². The second-order valence-corrected chi connectivity index (χ2v) is 2.22. The summed E-state index contributed by atoms with van der Waals surface area (Å²) in [6, 6.07) is 0. The molecular formula is C2H6CaOS. The van der Waals surface area contributed by atoms with Gasteiger partial charge in [-0.1, -0.05) is 0 Å². The molecule has 0 unspecified atom stereocenters. The smallest absolute Gasteiger partial charge is 0.0148 e. The van der Waals surface area contributed by atoms with Crippen LogP contribution in [0.3, 0.4) is 0 Å². The van der Waals surface area contributed by atoms with Crippen molar-refractivity contribution in [1.82, 2.24) is 0 Å². The van der Waals surface area contributed by atoms with Crippen molar-refractivity contribution in [2.75, 3.05) is 12.5 Å². The minimum Gasteiger partial charge on any atom is -0.260 e. The van der Waals surface area contributed by atoms with Crippen LogP contribution in [0.15, 0.2) is 0 Å². The molecule has 0 aromatic heterocycles. The van der Waals surface area contributed by atoms with E-state index in [1.54, 1.807) is 12.5 Å². The molecule has 2 radical (unpaired) electrons. The van der Waals surface area contributed by atoms with Gasteiger partial charge in [0.15, 0.2) is 0 Å². The maximum absolute atomic E-state index is 9.56. The van der Waals surface area contributed by atoms with Gasteiger partial charge < -0.3 is 0 Å². The van der Waals surface area contributed by atoms with E-state index in [9.17, 15) is 4.21 Å². The molecule has 0 aliphatic heterocycles. The average Bonchev–Trinajstić information content (AvgIpc) is 0.811. The van der Waals surface area contributed by atoms with Crippen LogP contribution in [0, 0.1) is 0 Å². The summed E-state index contributed by atoms with van der Waals surface area (Å²) in [6.07, 6.45) is 3.28. The second-order valence-electron chi connectivity index (χ2n) is 0.742. The molecule has 0 spiro atoms. The van der Waals surface area contributed by atoms with E-state index in [1.807, 2.05) is 0 Å². The zero-order chi connectivity index (χ0) is 3.58. The van der Waals surface area contributed by atoms with Gasteiger partial charge in [-0.2, -0.15) is 0 Å². The minimum atomic E-state index is -0.611. The van der Waals surface area contributed by atoms with E-state index in [0.29, 0.717) is 0 Å². The topological polar surface area (TPSA) is 17.1 Å². The SMILES string of the molecule is CS(C)=O.[Ca]. The van der Waals surface area contributed by atoms with Crippen LogP contribution < -0.4 is 0 Å². The molecule has 0 amide bonds. The monoisotopic (exact) mass is 118 g/mol. The van der Waals surface area contributed by atoms with Gasteiger partial charge in [0.05, 0.1) is 0 Å². The average molecular weight is 118 g/mol. The predicted molar refractivity (Wildman–Crippen MR) is 25.7 cm³/mol. The van der Waals surface area contributed by atoms with Crippen LogP contribution in [-0.2, 0) is 10.8 Å². The van der Waals surface area contributed by atoms with Gasteiger partial charge in [0.25, 0.3) is 0 Å². The normalized spacial score (nSPS) is 7.00. The molecule has 0 aromatic carbocycles. The third kappa shape index (κ3) is 31.6. The quantitative estimate of drug-likeness (QED) is 0.396. The Morgan fingerprint density at radius 1 is 1.40 bits per heavy atom. The molecule has 28 valence electrons. The summed E-state index contributed by atoms with van der Waals surface area (Å²) in [5.41, 5.74) is 0. The summed E-state index contributed by atoms with van der Waals surface area (Å²) >= 11 is 0. The van der Waals surface area contributed by atoms with Gasteiger partial charge in [0.1, 0.15) is 0 Å². The van der Waals surface area contributed by atoms with Crippen LogP contribution in [0.4, 0.5) is 0 Å². The van der Waals surface area contributed by atoms with Gasteiger partial charge in [0.2, 0.25) is 0 Å². The van der Waals surface area contributed by atoms with Crippen molar-refractivity contribution in [3.63, 3.8) is 0 Å². The molecular weight excluding hydrogens is 112 g/mol. The standard InChI is InChI=1S/C2H6OS.Ca/c1-4(2)3;/h1-2H3;. The fourth-order valence-electron chi connectivity index (χ4n) is 0. The minimum absolute atomic E-state index is 0. The van der Waals surface area contributed by atoms with E-state index in [0.717, 1.165) is 0 Å². The van der Waals surface area contributed by atoms with Gasteiger partial charge in [-0.15, -0.1) is 0 Å². The molecule has 5 heavy (non-hydrogen) atoms. The second kappa shape index (κ2) is 5.41. The van der Waals surface area contributed by atoms with Gasteiger partial charge in [-0.25, -0.2) is 0 Å². The van der Waals surface area contributed by atoms with Gasteiger partial charge in [-0.05, 0) is 0 Å². The van der Waals surface area contributed by atoms with Crippen LogP contribution in [0.1, 0.15) is 0 Å². The molecule has 0 N–H and O–H groups in total. The molecule has 0 rings (SSSR count). The molecule has 0 bridgehead atoms. The molecule has 0 aliphatic carbocycles. The summed E-state index contributed by atoms with van der Waals surface area (Å²) in [6.45, 7) is 0. The van der Waals surface area contributed by atoms with Crippen molar-refractivity contribution in [3.8, 4) is 0 Å². The first-order chi connectivity index (χ1) is 1.73. The molecule has 0 aliphatic rings. The zero-order valence-corrected chi connectivity index (χ0v) is 6.55. The molecule has 0 aromatic rings. The van der Waals surface area contributed by atoms with E-state index < -0.39 is 10.8 Å². The van der Waals surface area contributed by atoms with E-state index in [1.165, 1.54) is 0 Å². The Labute approximate surface area is 64.6 Å². The summed E-state index contributed by atoms with van der Waals surface area (Å²) in [4.78, 5) is 0. The van der Waals surface area contributed by atoms with Crippen molar-refractivity contribution in [2.24, 2.45) is 0 Å². The number of hydrogen-bond donors (Lipinski definition) is 0. The fraction of sp³-hybridized carbons (Fsp3) is 1.00. The Hall–Kier alpha value is 1.41. The maximum atomic E-state index is 9.56. The summed E-state index contributed by atoms with van der Waals surface area (Å²) in [7, 11) is -0.611. The molecule has 0 atom stereocenters. The molecule has 0 saturated heterocycles. The molecule has 0 saturated carbocycles. The van der Waals surface area contributed by atoms with Gasteiger partial charge >= 0.3 is 0 Å². The largest absolute Gasteiger partial charge is 0.260 e. The summed E-state index contributed by atoms with van der Waals surface area (Å²) < 4.78 is 9.56. The third-order valence-electron chi connectivity index (χ3n) is 0. The van der Waals surface area contributed by atoms with Gasteiger partial charge in [0, 0.05) is 61.0 Å². The van der Waals surface area contributed by atoms with Crippen molar-refractivity contribution >= 4 is 48.5 Å². The molecule has 3 heteroatoms. The predicted octanol–water partition coefficient (Wildman–Crippen LogP) is -0.386. The Morgan fingerprint density at radius 3 is 1.40 bits per heavy atom.